The van der Waals surface area contributed by atoms with Gasteiger partial charge >= 0.3 is 5.69 Å². The Balaban J connectivity index is 0.000000162. The maximum atomic E-state index is 14.4. The Morgan fingerprint density at radius 1 is 0.859 bits per heavy atom. The van der Waals surface area contributed by atoms with E-state index in [-0.39, 0.29) is 34.6 Å². The average Bonchev–Trinajstić information content (AvgIpc) is 4.09. The van der Waals surface area contributed by atoms with Crippen molar-refractivity contribution in [2.24, 2.45) is 28.2 Å². The lowest BCUT2D eigenvalue weighted by Gasteiger charge is -2.28. The van der Waals surface area contributed by atoms with Crippen LogP contribution in [0.5, 0.6) is 11.5 Å². The summed E-state index contributed by atoms with van der Waals surface area (Å²) in [6.45, 7) is 2.00. The number of benzene rings is 4. The van der Waals surface area contributed by atoms with Gasteiger partial charge < -0.3 is 24.6 Å². The fourth-order valence-electron chi connectivity index (χ4n) is 8.46. The van der Waals surface area contributed by atoms with Crippen molar-refractivity contribution in [3.8, 4) is 22.6 Å². The van der Waals surface area contributed by atoms with Crippen LogP contribution in [0.2, 0.25) is 5.02 Å². The number of aryl methyl sites for hydroxylation is 5. The molecule has 4 aromatic carbocycles. The van der Waals surface area contributed by atoms with E-state index in [0.717, 1.165) is 46.0 Å². The number of nitrogens with zero attached hydrogens (tertiary/aromatic N) is 7. The highest BCUT2D eigenvalue weighted by atomic mass is 35.5. The maximum absolute atomic E-state index is 14.4. The van der Waals surface area contributed by atoms with Crippen molar-refractivity contribution in [1.82, 2.24) is 39.3 Å². The minimum atomic E-state index is -0.869. The van der Waals surface area contributed by atoms with Crippen molar-refractivity contribution in [3.05, 3.63) is 151 Å². The van der Waals surface area contributed by atoms with Crippen LogP contribution < -0.4 is 42.2 Å². The fourth-order valence-corrected chi connectivity index (χ4v) is 8.59. The first-order chi connectivity index (χ1) is 30.6. The lowest BCUT2D eigenvalue weighted by Crippen LogP contribution is -2.32. The van der Waals surface area contributed by atoms with Crippen molar-refractivity contribution in [3.63, 3.8) is 0 Å². The van der Waals surface area contributed by atoms with E-state index in [4.69, 9.17) is 16.3 Å². The van der Waals surface area contributed by atoms with Crippen LogP contribution in [0, 0.1) is 18.6 Å². The van der Waals surface area contributed by atoms with Gasteiger partial charge in [-0.3, -0.25) is 38.5 Å². The first-order valence-electron chi connectivity index (χ1n) is 19.8. The molecule has 4 aromatic heterocycles. The Kier molecular flexibility index (Phi) is 10.1. The number of ether oxygens (including phenoxy) is 1. The summed E-state index contributed by atoms with van der Waals surface area (Å²) in [5.41, 5.74) is 14.4. The van der Waals surface area contributed by atoms with Gasteiger partial charge in [0.2, 0.25) is 0 Å². The Bertz CT molecular complexity index is 3370. The third kappa shape index (κ3) is 6.65. The first-order valence-corrected chi connectivity index (χ1v) is 20.2. The molecular weight excluding hydrogens is 848 g/mol. The van der Waals surface area contributed by atoms with Gasteiger partial charge in [0, 0.05) is 94.0 Å². The monoisotopic (exact) mass is 887 g/mol. The van der Waals surface area contributed by atoms with E-state index in [0.29, 0.717) is 49.2 Å². The summed E-state index contributed by atoms with van der Waals surface area (Å²) in [4.78, 5) is 53.2. The van der Waals surface area contributed by atoms with Crippen LogP contribution in [0.1, 0.15) is 43.6 Å². The molecule has 0 aliphatic carbocycles. The van der Waals surface area contributed by atoms with Gasteiger partial charge in [-0.05, 0) is 60.5 Å². The summed E-state index contributed by atoms with van der Waals surface area (Å²) in [6.07, 6.45) is 4.86. The van der Waals surface area contributed by atoms with E-state index in [1.165, 1.54) is 26.0 Å². The predicted octanol–water partition coefficient (Wildman–Crippen LogP) is 6.57. The molecule has 0 spiro atoms. The maximum Gasteiger partial charge on any atom is 0.328 e. The molecule has 6 heterocycles. The quantitative estimate of drug-likeness (QED) is 0.144. The second kappa shape index (κ2) is 15.6. The molecule has 4 N–H and O–H groups in total. The number of amides is 2. The first kappa shape index (κ1) is 41.6. The van der Waals surface area contributed by atoms with Crippen LogP contribution in [0.15, 0.2) is 94.9 Å². The molecule has 2 aliphatic rings. The second-order valence-corrected chi connectivity index (χ2v) is 16.0. The van der Waals surface area contributed by atoms with Gasteiger partial charge in [0.25, 0.3) is 17.4 Å². The molecule has 326 valence electrons. The Morgan fingerprint density at radius 3 is 2.28 bits per heavy atom. The molecule has 2 aliphatic heterocycles. The zero-order chi connectivity index (χ0) is 45.5. The number of carbonyl (C=O) groups is 2. The average molecular weight is 888 g/mol. The number of hydrogen-bond acceptors (Lipinski definition) is 9. The highest BCUT2D eigenvalue weighted by molar-refractivity contribution is 6.30. The number of halogens is 3. The number of hydrazine groups is 2. The van der Waals surface area contributed by atoms with E-state index in [2.05, 4.69) is 26.5 Å². The number of H-pyrrole nitrogens is 1. The van der Waals surface area contributed by atoms with E-state index < -0.39 is 17.7 Å². The summed E-state index contributed by atoms with van der Waals surface area (Å²) in [7, 11) is 10.2. The molecule has 0 fully saturated rings. The summed E-state index contributed by atoms with van der Waals surface area (Å²) < 4.78 is 39.8. The number of anilines is 3. The molecule has 0 radical (unpaired) electrons. The van der Waals surface area contributed by atoms with Crippen LogP contribution in [0.3, 0.4) is 0 Å². The number of aromatic nitrogens is 6. The third-order valence-electron chi connectivity index (χ3n) is 11.7. The second-order valence-electron chi connectivity index (χ2n) is 15.6. The summed E-state index contributed by atoms with van der Waals surface area (Å²) >= 11 is 6.14. The van der Waals surface area contributed by atoms with Crippen molar-refractivity contribution in [2.45, 2.75) is 13.0 Å². The number of rotatable bonds is 6. The minimum Gasteiger partial charge on any atom is -0.454 e. The number of hydrogen-bond donors (Lipinski definition) is 4. The van der Waals surface area contributed by atoms with Gasteiger partial charge in [0.1, 0.15) is 23.1 Å². The minimum absolute atomic E-state index is 0.179. The SMILES string of the molecule is CNC(=O)c1cn(C)c2c1C(=O)N(c1cc(C)c3c(c1)N(C)NN3)C2c1ccc(Cl)cc1.Cn1cc(-c2cc3c(cc2Oc2ccc(F)cc2F)n(C)c(=O)n3C)c2cn[nH]c2c1=O. The fraction of sp³-hybridized carbons (Fsp3) is 0.178. The van der Waals surface area contributed by atoms with Crippen molar-refractivity contribution in [1.29, 1.82) is 0 Å². The highest BCUT2D eigenvalue weighted by Crippen LogP contribution is 2.46. The predicted molar refractivity (Wildman–Crippen MR) is 240 cm³/mol. The molecule has 2 amide bonds. The number of carbonyl (C=O) groups excluding carboxylic acids is 2. The normalized spacial score (nSPS) is 14.2. The molecule has 0 saturated carbocycles. The molecule has 8 aromatic rings. The van der Waals surface area contributed by atoms with Gasteiger partial charge in [-0.1, -0.05) is 23.7 Å². The molecule has 0 bridgehead atoms. The number of aromatic amines is 1. The van der Waals surface area contributed by atoms with E-state index in [1.807, 2.05) is 67.0 Å². The number of imidazole rings is 1. The van der Waals surface area contributed by atoms with Crippen LogP contribution in [0.25, 0.3) is 33.1 Å². The lowest BCUT2D eigenvalue weighted by molar-refractivity contribution is 0.0943. The number of pyridine rings is 1. The standard InChI is InChI=1S/C23H23ClN6O2.C22H17F2N5O3/c1-12-9-15(10-17-19(12)26-27-29(17)4)30-20(13-5-7-14(24)8-6-13)21-18(23(30)32)16(11-28(21)3)22(31)25-2;1-27-10-14(13-9-25-26-20(13)21(27)30)12-7-16-17(29(3)22(31)28(16)2)8-19(12)32-18-5-4-11(23)6-15(18)24/h5-11,20,26-27H,1-4H3,(H,25,31);4-10H,1-3H3,(H,25,26). The van der Waals surface area contributed by atoms with E-state index >= 15 is 0 Å². The smallest absolute Gasteiger partial charge is 0.328 e. The molecule has 64 heavy (non-hydrogen) atoms. The largest absolute Gasteiger partial charge is 0.454 e. The van der Waals surface area contributed by atoms with Crippen LogP contribution >= 0.6 is 11.6 Å². The number of nitrogens with one attached hydrogen (secondary N) is 4. The molecule has 0 saturated heterocycles. The molecule has 16 nitrogen and oxygen atoms in total. The third-order valence-corrected chi connectivity index (χ3v) is 11.9. The number of fused-ring (bicyclic) bond motifs is 4. The van der Waals surface area contributed by atoms with Crippen molar-refractivity contribution < 1.29 is 23.1 Å². The van der Waals surface area contributed by atoms with Gasteiger partial charge in [0.15, 0.2) is 11.6 Å². The van der Waals surface area contributed by atoms with Crippen LogP contribution in [0.4, 0.5) is 25.8 Å². The Hall–Kier alpha value is -7.70. The molecule has 19 heteroatoms. The van der Waals surface area contributed by atoms with Gasteiger partial charge in [-0.15, -0.1) is 5.53 Å². The summed E-state index contributed by atoms with van der Waals surface area (Å²) in [5, 5.41) is 12.4. The highest BCUT2D eigenvalue weighted by Gasteiger charge is 2.44. The van der Waals surface area contributed by atoms with Crippen molar-refractivity contribution >= 4 is 62.4 Å². The summed E-state index contributed by atoms with van der Waals surface area (Å²) in [5.74, 6) is -2.04. The van der Waals surface area contributed by atoms with Crippen LogP contribution in [-0.4, -0.2) is 54.4 Å². The van der Waals surface area contributed by atoms with E-state index in [1.54, 1.807) is 57.6 Å². The molecule has 1 atom stereocenters. The van der Waals surface area contributed by atoms with Gasteiger partial charge in [0.05, 0.1) is 45.4 Å². The Morgan fingerprint density at radius 2 is 1.58 bits per heavy atom. The Labute approximate surface area is 367 Å². The lowest BCUT2D eigenvalue weighted by atomic mass is 10.0. The van der Waals surface area contributed by atoms with Gasteiger partial charge in [-0.2, -0.15) is 5.10 Å². The van der Waals surface area contributed by atoms with E-state index in [9.17, 15) is 28.0 Å². The van der Waals surface area contributed by atoms with Gasteiger partial charge in [-0.25, -0.2) is 13.6 Å². The molecule has 10 rings (SSSR count). The topological polar surface area (TPSA) is 168 Å². The van der Waals surface area contributed by atoms with Crippen LogP contribution in [-0.2, 0) is 28.2 Å². The molecule has 1 unspecified atom stereocenters. The summed E-state index contributed by atoms with van der Waals surface area (Å²) in [6, 6.07) is 17.4. The van der Waals surface area contributed by atoms with Crippen molar-refractivity contribution in [2.75, 3.05) is 29.4 Å². The molecular formula is C45H40ClF2N11O5. The zero-order valence-corrected chi connectivity index (χ0v) is 36.2. The zero-order valence-electron chi connectivity index (χ0n) is 35.5.